The van der Waals surface area contributed by atoms with Crippen molar-refractivity contribution in [1.82, 2.24) is 29.9 Å². The smallest absolute Gasteiger partial charge is 0.115 e. The molecular formula is C45H45MoN9O15-6. The van der Waals surface area contributed by atoms with Gasteiger partial charge in [-0.05, 0) is 109 Å². The summed E-state index contributed by atoms with van der Waals surface area (Å²) in [4.78, 5) is 79.6. The fourth-order valence-electron chi connectivity index (χ4n) is 4.45. The Morgan fingerprint density at radius 1 is 0.443 bits per heavy atom. The van der Waals surface area contributed by atoms with Crippen molar-refractivity contribution in [2.75, 3.05) is 0 Å². The van der Waals surface area contributed by atoms with E-state index in [9.17, 15) is 59.4 Å². The number of carbonyl (C=O) groups excluding carboxylic acids is 6. The number of rotatable bonds is 15. The molecule has 3 aromatic heterocycles. The number of carboxylic acid groups (broad SMARTS) is 6. The zero-order valence-electron chi connectivity index (χ0n) is 36.4. The number of carboxylic acids is 6. The minimum absolute atomic E-state index is 0. The van der Waals surface area contributed by atoms with Crippen LogP contribution in [0.5, 0.6) is 17.2 Å². The molecule has 25 heteroatoms. The molecule has 0 unspecified atom stereocenters. The first-order valence-corrected chi connectivity index (χ1v) is 19.5. The quantitative estimate of drug-likeness (QED) is 0.0342. The average Bonchev–Trinajstić information content (AvgIpc) is 4.14. The average molecular weight is 1050 g/mol. The van der Waals surface area contributed by atoms with Crippen molar-refractivity contribution in [3.05, 3.63) is 162 Å². The van der Waals surface area contributed by atoms with E-state index in [0.717, 1.165) is 34.9 Å². The number of nitrogens with zero attached hydrogens (tertiary/aromatic N) is 3. The van der Waals surface area contributed by atoms with Gasteiger partial charge < -0.3 is 107 Å². The standard InChI is InChI=1S/3C9H11NO3.3C6H6N2O2.Mo/c3*10-8(9(12)13)5-6-1-3-7(11)4-2-6;3*9-6(10)2-1-5-3-7-4-8-5;/h3*1-4,8,11H,5,10H2,(H,12,13);3*1-4H,(H,7,8)(H,9,10);/p-6/t3*8-;;;;/m000..../s1. The van der Waals surface area contributed by atoms with Crippen molar-refractivity contribution in [2.45, 2.75) is 37.4 Å². The molecule has 0 aliphatic carbocycles. The fourth-order valence-corrected chi connectivity index (χ4v) is 4.45. The molecule has 3 aromatic carbocycles. The van der Waals surface area contributed by atoms with Gasteiger partial charge in [-0.25, -0.2) is 15.0 Å². The largest absolute Gasteiger partial charge is 0.548 e. The Balaban J connectivity index is 0.000000817. The van der Waals surface area contributed by atoms with Crippen LogP contribution in [0.4, 0.5) is 0 Å². The van der Waals surface area contributed by atoms with E-state index in [1.807, 2.05) is 0 Å². The Morgan fingerprint density at radius 3 is 0.814 bits per heavy atom. The zero-order valence-corrected chi connectivity index (χ0v) is 38.4. The van der Waals surface area contributed by atoms with Gasteiger partial charge >= 0.3 is 0 Å². The Bertz CT molecular complexity index is 2240. The maximum atomic E-state index is 10.3. The summed E-state index contributed by atoms with van der Waals surface area (Å²) in [5.41, 5.74) is 20.0. The maximum Gasteiger partial charge on any atom is 0.115 e. The summed E-state index contributed by atoms with van der Waals surface area (Å²) in [6.45, 7) is 0. The summed E-state index contributed by atoms with van der Waals surface area (Å²) in [5, 5.41) is 87.3. The molecule has 6 rings (SSSR count). The van der Waals surface area contributed by atoms with E-state index in [0.29, 0.717) is 17.1 Å². The number of nitrogens with two attached hydrogens (primary N) is 3. The first kappa shape index (κ1) is 61.3. The number of aliphatic carboxylic acids is 6. The van der Waals surface area contributed by atoms with E-state index in [1.54, 1.807) is 36.4 Å². The molecule has 12 N–H and O–H groups in total. The number of aromatic hydroxyl groups is 3. The molecule has 3 atom stereocenters. The van der Waals surface area contributed by atoms with Gasteiger partial charge in [0.2, 0.25) is 0 Å². The first-order chi connectivity index (χ1) is 32.6. The maximum absolute atomic E-state index is 10.3. The van der Waals surface area contributed by atoms with Crippen molar-refractivity contribution in [3.63, 3.8) is 0 Å². The number of imidazole rings is 3. The van der Waals surface area contributed by atoms with Gasteiger partial charge in [-0.15, -0.1) is 0 Å². The molecule has 0 amide bonds. The zero-order chi connectivity index (χ0) is 51.7. The van der Waals surface area contributed by atoms with Crippen LogP contribution in [-0.2, 0) is 69.1 Å². The van der Waals surface area contributed by atoms with Gasteiger partial charge in [0, 0.05) is 39.2 Å². The van der Waals surface area contributed by atoms with Crippen molar-refractivity contribution >= 4 is 54.0 Å². The van der Waals surface area contributed by atoms with Crippen LogP contribution >= 0.6 is 0 Å². The van der Waals surface area contributed by atoms with Crippen LogP contribution in [0.15, 0.2) is 129 Å². The van der Waals surface area contributed by atoms with E-state index in [4.69, 9.17) is 32.5 Å². The third-order valence-corrected chi connectivity index (χ3v) is 7.84. The molecule has 0 spiro atoms. The predicted octanol–water partition coefficient (Wildman–Crippen LogP) is -5.45. The molecule has 0 aliphatic rings. The van der Waals surface area contributed by atoms with Crippen molar-refractivity contribution in [3.8, 4) is 17.2 Å². The van der Waals surface area contributed by atoms with Gasteiger partial charge in [-0.2, -0.15) is 0 Å². The van der Waals surface area contributed by atoms with Gasteiger partial charge in [0.05, 0.1) is 90.5 Å². The molecule has 6 aromatic rings. The molecule has 70 heavy (non-hydrogen) atoms. The second-order valence-corrected chi connectivity index (χ2v) is 13.4. The number of benzene rings is 3. The SMILES string of the molecule is N[C@@H](Cc1ccc(O)cc1)C(=O)[O-].N[C@@H](Cc1ccc(O)cc1)C(=O)[O-].N[C@@H](Cc1ccc(O)cc1)C(=O)[O-].O=C([O-])C=Cc1cnc[nH]1.O=C([O-])C=Cc1cnc[nH]1.O=C([O-])C=Cc1cnc[nH]1.[Mo]. The second-order valence-electron chi connectivity index (χ2n) is 13.4. The number of aromatic amines is 3. The number of hydrogen-bond donors (Lipinski definition) is 9. The van der Waals surface area contributed by atoms with Gasteiger partial charge in [0.1, 0.15) is 17.2 Å². The Morgan fingerprint density at radius 2 is 0.657 bits per heavy atom. The summed E-state index contributed by atoms with van der Waals surface area (Å²) < 4.78 is 0. The second kappa shape index (κ2) is 34.6. The summed E-state index contributed by atoms with van der Waals surface area (Å²) >= 11 is 0. The van der Waals surface area contributed by atoms with Crippen LogP contribution in [0.25, 0.3) is 18.2 Å². The minimum Gasteiger partial charge on any atom is -0.548 e. The van der Waals surface area contributed by atoms with E-state index < -0.39 is 53.9 Å². The molecule has 0 saturated heterocycles. The van der Waals surface area contributed by atoms with Crippen molar-refractivity contribution < 1.29 is 95.8 Å². The number of nitrogens with one attached hydrogen (secondary N) is 3. The van der Waals surface area contributed by atoms with Crippen molar-refractivity contribution in [2.24, 2.45) is 17.2 Å². The first-order valence-electron chi connectivity index (χ1n) is 19.5. The van der Waals surface area contributed by atoms with E-state index in [-0.39, 0.29) is 57.6 Å². The molecular weight excluding hydrogens is 1000 g/mol. The van der Waals surface area contributed by atoms with E-state index >= 15 is 0 Å². The molecule has 0 saturated carbocycles. The minimum atomic E-state index is -1.27. The number of hydrogen-bond acceptors (Lipinski definition) is 21. The number of phenols is 3. The van der Waals surface area contributed by atoms with Gasteiger partial charge in [0.25, 0.3) is 0 Å². The summed E-state index contributed by atoms with van der Waals surface area (Å²) in [5.74, 6) is -7.02. The molecule has 0 fully saturated rings. The molecule has 24 nitrogen and oxygen atoms in total. The Hall–Kier alpha value is -8.70. The van der Waals surface area contributed by atoms with E-state index in [2.05, 4.69) is 29.9 Å². The van der Waals surface area contributed by atoms with Crippen LogP contribution < -0.4 is 47.8 Å². The van der Waals surface area contributed by atoms with Crippen LogP contribution in [0.1, 0.15) is 33.8 Å². The molecule has 0 aliphatic heterocycles. The van der Waals surface area contributed by atoms with Gasteiger partial charge in [-0.1, -0.05) is 36.4 Å². The number of carbonyl (C=O) groups is 6. The van der Waals surface area contributed by atoms with Crippen LogP contribution in [0, 0.1) is 0 Å². The Kier molecular flexibility index (Phi) is 30.3. The van der Waals surface area contributed by atoms with Crippen LogP contribution in [0.2, 0.25) is 0 Å². The van der Waals surface area contributed by atoms with Gasteiger partial charge in [-0.3, -0.25) is 0 Å². The van der Waals surface area contributed by atoms with Crippen molar-refractivity contribution in [1.29, 1.82) is 0 Å². The van der Waals surface area contributed by atoms with Crippen LogP contribution in [-0.4, -0.2) is 99.2 Å². The topological polar surface area (TPSA) is 466 Å². The van der Waals surface area contributed by atoms with Crippen LogP contribution in [0.3, 0.4) is 0 Å². The molecule has 0 radical (unpaired) electrons. The summed E-state index contributed by atoms with van der Waals surface area (Å²) in [6.07, 6.45) is 16.5. The summed E-state index contributed by atoms with van der Waals surface area (Å²) in [6, 6.07) is 15.7. The Labute approximate surface area is 412 Å². The monoisotopic (exact) mass is 1050 g/mol. The number of phenolic OH excluding ortho intramolecular Hbond substituents is 3. The molecule has 3 heterocycles. The normalized spacial score (nSPS) is 11.4. The third-order valence-electron chi connectivity index (χ3n) is 7.84. The fraction of sp³-hybridized carbons (Fsp3) is 0.133. The summed E-state index contributed by atoms with van der Waals surface area (Å²) in [7, 11) is 0. The van der Waals surface area contributed by atoms with Gasteiger partial charge in [0.15, 0.2) is 0 Å². The number of aromatic nitrogens is 6. The third kappa shape index (κ3) is 30.5. The molecule has 0 bridgehead atoms. The predicted molar refractivity (Wildman–Crippen MR) is 232 cm³/mol. The number of H-pyrrole nitrogens is 3. The van der Waals surface area contributed by atoms with E-state index in [1.165, 1.54) is 92.2 Å². The molecule has 372 valence electrons.